The van der Waals surface area contributed by atoms with Crippen LogP contribution in [0.5, 0.6) is 5.75 Å². The molecule has 1 aromatic carbocycles. The molecule has 1 saturated heterocycles. The predicted octanol–water partition coefficient (Wildman–Crippen LogP) is -0.821. The molecule has 16 heteroatoms. The Hall–Kier alpha value is -3.68. The lowest BCUT2D eigenvalue weighted by atomic mass is 9.46. The monoisotopic (exact) mass is 528 g/mol. The first kappa shape index (κ1) is 27.4. The van der Waals surface area contributed by atoms with Gasteiger partial charge in [-0.05, 0) is 38.1 Å². The van der Waals surface area contributed by atoms with Gasteiger partial charge in [-0.2, -0.15) is 18.3 Å². The summed E-state index contributed by atoms with van der Waals surface area (Å²) < 4.78 is 48.2. The predicted molar refractivity (Wildman–Crippen MR) is 142 cm³/mol. The van der Waals surface area contributed by atoms with Crippen LogP contribution in [0.15, 0.2) is 30.6 Å². The number of rotatable bonds is 3. The number of benzene rings is 1. The van der Waals surface area contributed by atoms with E-state index in [9.17, 15) is 27.9 Å². The summed E-state index contributed by atoms with van der Waals surface area (Å²) in [6, 6.07) is 5.42. The molecule has 3 heterocycles. The summed E-state index contributed by atoms with van der Waals surface area (Å²) in [4.78, 5) is 32.7. The number of nitrogens with zero attached hydrogens (tertiary/aromatic N) is 5. The highest BCUT2D eigenvalue weighted by molar-refractivity contribution is 6.49. The highest BCUT2D eigenvalue weighted by atomic mass is 19.4. The molecule has 3 aromatic rings. The summed E-state index contributed by atoms with van der Waals surface area (Å²) in [7, 11) is 5.99. The van der Waals surface area contributed by atoms with E-state index in [2.05, 4.69) is 10.1 Å². The molecular formula is C22H26B3F3N6O4. The van der Waals surface area contributed by atoms with Gasteiger partial charge in [0, 0.05) is 17.8 Å². The van der Waals surface area contributed by atoms with E-state index in [1.165, 1.54) is 58.8 Å². The van der Waals surface area contributed by atoms with Gasteiger partial charge in [0.2, 0.25) is 5.91 Å². The molecule has 1 atom stereocenters. The zero-order valence-corrected chi connectivity index (χ0v) is 22.0. The Morgan fingerprint density at radius 1 is 1.18 bits per heavy atom. The maximum absolute atomic E-state index is 13.9. The zero-order valence-electron chi connectivity index (χ0n) is 22.0. The molecule has 0 radical (unpaired) electrons. The van der Waals surface area contributed by atoms with Crippen molar-refractivity contribution >= 4 is 52.4 Å². The highest BCUT2D eigenvalue weighted by Gasteiger charge is 2.62. The topological polar surface area (TPSA) is 126 Å². The fourth-order valence-corrected chi connectivity index (χ4v) is 5.28. The third-order valence-corrected chi connectivity index (χ3v) is 7.36. The van der Waals surface area contributed by atoms with E-state index in [-0.39, 0.29) is 28.5 Å². The van der Waals surface area contributed by atoms with Crippen LogP contribution < -0.4 is 15.4 Å². The van der Waals surface area contributed by atoms with Gasteiger partial charge < -0.3 is 25.4 Å². The normalized spacial score (nSPS) is 21.1. The second kappa shape index (κ2) is 8.42. The number of piperazine rings is 1. The molecule has 1 aliphatic rings. The number of carbonyl (C=O) groups is 2. The summed E-state index contributed by atoms with van der Waals surface area (Å²) in [6.45, 7) is 4.29. The van der Waals surface area contributed by atoms with Gasteiger partial charge in [-0.1, -0.05) is 0 Å². The van der Waals surface area contributed by atoms with Crippen molar-refractivity contribution in [2.75, 3.05) is 17.7 Å². The number of amides is 2. The first-order chi connectivity index (χ1) is 17.4. The smallest absolute Gasteiger partial charge is 0.418 e. The van der Waals surface area contributed by atoms with Crippen molar-refractivity contribution in [1.82, 2.24) is 19.5 Å². The maximum atomic E-state index is 13.9. The molecule has 198 valence electrons. The van der Waals surface area contributed by atoms with Crippen molar-refractivity contribution < 1.29 is 32.6 Å². The minimum atomic E-state index is -4.73. The molecule has 1 unspecified atom stereocenters. The van der Waals surface area contributed by atoms with Crippen LogP contribution in [0.3, 0.4) is 0 Å². The van der Waals surface area contributed by atoms with E-state index < -0.39 is 45.6 Å². The van der Waals surface area contributed by atoms with Gasteiger partial charge in [0.05, 0.1) is 24.1 Å². The fraction of sp³-hybridized carbons (Fsp3) is 0.364. The third kappa shape index (κ3) is 3.72. The molecule has 38 heavy (non-hydrogen) atoms. The number of aromatic nitrogens is 3. The van der Waals surface area contributed by atoms with Crippen LogP contribution in [0.2, 0.25) is 0 Å². The minimum Gasteiger partial charge on any atom is -0.495 e. The second-order valence-electron chi connectivity index (χ2n) is 10.4. The number of carbonyl (C=O) groups excluding carboxylic acids is 2. The molecule has 0 spiro atoms. The number of ether oxygens (including phenoxy) is 1. The Morgan fingerprint density at radius 3 is 2.37 bits per heavy atom. The molecule has 0 bridgehead atoms. The molecule has 2 amide bonds. The molecule has 1 aliphatic heterocycles. The average Bonchev–Trinajstić information content (AvgIpc) is 3.19. The van der Waals surface area contributed by atoms with Crippen molar-refractivity contribution in [1.29, 1.82) is 0 Å². The van der Waals surface area contributed by atoms with Gasteiger partial charge >= 0.3 is 6.18 Å². The van der Waals surface area contributed by atoms with Gasteiger partial charge in [-0.3, -0.25) is 9.59 Å². The van der Waals surface area contributed by atoms with Gasteiger partial charge in [-0.15, -0.1) is 0 Å². The highest BCUT2D eigenvalue weighted by Crippen LogP contribution is 2.46. The molecule has 2 aromatic heterocycles. The van der Waals surface area contributed by atoms with E-state index in [1.54, 1.807) is 15.7 Å². The number of nitrogens with two attached hydrogens (primary N) is 1. The van der Waals surface area contributed by atoms with Gasteiger partial charge in [-0.25, -0.2) is 9.50 Å². The third-order valence-electron chi connectivity index (χ3n) is 7.36. The molecule has 0 saturated carbocycles. The van der Waals surface area contributed by atoms with E-state index >= 15 is 0 Å². The molecule has 0 aliphatic carbocycles. The Labute approximate surface area is 219 Å². The lowest BCUT2D eigenvalue weighted by Crippen LogP contribution is -2.85. The maximum Gasteiger partial charge on any atom is 0.418 e. The van der Waals surface area contributed by atoms with Crippen molar-refractivity contribution in [2.45, 2.75) is 43.4 Å². The van der Waals surface area contributed by atoms with E-state index in [1.807, 2.05) is 0 Å². The Bertz CT molecular complexity index is 1470. The molecular weight excluding hydrogens is 502 g/mol. The largest absolute Gasteiger partial charge is 0.495 e. The summed E-state index contributed by atoms with van der Waals surface area (Å²) in [6.07, 6.45) is -3.69. The van der Waals surface area contributed by atoms with Crippen LogP contribution in [0.4, 0.5) is 24.7 Å². The number of anilines is 2. The quantitative estimate of drug-likeness (QED) is 0.426. The number of methoxy groups -OCH3 is 1. The molecule has 1 fully saturated rings. The van der Waals surface area contributed by atoms with Crippen LogP contribution in [-0.2, 0) is 15.8 Å². The average molecular weight is 528 g/mol. The van der Waals surface area contributed by atoms with Crippen molar-refractivity contribution in [3.8, 4) is 17.0 Å². The minimum absolute atomic E-state index is 0.0453. The Balaban J connectivity index is 2.00. The Kier molecular flexibility index (Phi) is 6.06. The van der Waals surface area contributed by atoms with Crippen LogP contribution in [0.1, 0.15) is 26.3 Å². The number of halogens is 3. The van der Waals surface area contributed by atoms with Gasteiger partial charge in [0.15, 0.2) is 13.7 Å². The number of nitrogen functional groups attached to an aromatic ring is 1. The molecule has 10 nitrogen and oxygen atoms in total. The summed E-state index contributed by atoms with van der Waals surface area (Å²) >= 11 is 0. The van der Waals surface area contributed by atoms with Crippen LogP contribution >= 0.6 is 0 Å². The number of hydrogen-bond donors (Lipinski definition) is 2. The Morgan fingerprint density at radius 2 is 1.82 bits per heavy atom. The van der Waals surface area contributed by atoms with E-state index in [0.29, 0.717) is 0 Å². The van der Waals surface area contributed by atoms with Crippen molar-refractivity contribution in [3.05, 3.63) is 36.2 Å². The standard InChI is InChI=1S/C22H26B3F3N6O4/c1-10(35)34-19(2,3)18(36)32(21(23,24)22(34,25)37)14-7-11(5-6-15(14)38-4)13-8-12(20(26,27)28)16-17(29)30-9-31-33(13)16/h5-9,37H,23-25H2,1-4H3,(H2,29,30,31). The first-order valence-corrected chi connectivity index (χ1v) is 11.6. The summed E-state index contributed by atoms with van der Waals surface area (Å²) in [5, 5.41) is 14.2. The SMILES string of the molecule is BC1(B)N(c2cc(-c3cc(C(F)(F)F)c4c(N)ncnn34)ccc2OC)C(=O)C(C)(C)N(C(C)=O)C1(B)O. The van der Waals surface area contributed by atoms with E-state index in [0.717, 1.165) is 21.8 Å². The van der Waals surface area contributed by atoms with Gasteiger partial charge in [0.1, 0.15) is 44.4 Å². The van der Waals surface area contributed by atoms with E-state index in [4.69, 9.17) is 10.5 Å². The van der Waals surface area contributed by atoms with Gasteiger partial charge in [0.25, 0.3) is 5.91 Å². The fourth-order valence-electron chi connectivity index (χ4n) is 5.28. The second-order valence-corrected chi connectivity index (χ2v) is 10.4. The van der Waals surface area contributed by atoms with Crippen LogP contribution in [0, 0.1) is 0 Å². The molecule has 3 N–H and O–H groups in total. The summed E-state index contributed by atoms with van der Waals surface area (Å²) in [5.74, 6) is -1.15. The van der Waals surface area contributed by atoms with Crippen LogP contribution in [0.25, 0.3) is 16.8 Å². The number of aliphatic hydroxyl groups is 1. The van der Waals surface area contributed by atoms with Crippen molar-refractivity contribution in [3.63, 3.8) is 0 Å². The number of hydrogen-bond acceptors (Lipinski definition) is 7. The lowest BCUT2D eigenvalue weighted by Gasteiger charge is -2.63. The first-order valence-electron chi connectivity index (χ1n) is 11.6. The molecule has 4 rings (SSSR count). The van der Waals surface area contributed by atoms with Crippen LogP contribution in [-0.4, -0.2) is 83.6 Å². The lowest BCUT2D eigenvalue weighted by molar-refractivity contribution is -0.174. The number of fused-ring (bicyclic) bond motifs is 1. The summed E-state index contributed by atoms with van der Waals surface area (Å²) in [5.41, 5.74) is 1.54. The number of alkyl halides is 3. The van der Waals surface area contributed by atoms with Crippen molar-refractivity contribution in [2.24, 2.45) is 0 Å². The zero-order chi connectivity index (χ0) is 28.6.